The Hall–Kier alpha value is -1.33. The molecule has 4 aliphatic heterocycles. The second kappa shape index (κ2) is 21.1. The van der Waals surface area contributed by atoms with E-state index in [9.17, 15) is 71.2 Å². The van der Waals surface area contributed by atoms with Crippen LogP contribution in [0.25, 0.3) is 0 Å². The van der Waals surface area contributed by atoms with Crippen LogP contribution >= 0.6 is 0 Å². The largest absolute Gasteiger partial charge is 0.463 e. The molecule has 0 bridgehead atoms. The minimum Gasteiger partial charge on any atom is -0.463 e. The van der Waals surface area contributed by atoms with E-state index in [4.69, 9.17) is 37.9 Å². The van der Waals surface area contributed by atoms with E-state index in [1.54, 1.807) is 0 Å². The molecule has 3 saturated carbocycles. The number of ether oxygens (including phenoxy) is 8. The third-order valence-corrected chi connectivity index (χ3v) is 14.1. The Kier molecular flexibility index (Phi) is 16.5. The number of fused-ring (bicyclic) bond motifs is 1. The van der Waals surface area contributed by atoms with Crippen molar-refractivity contribution < 1.29 is 109 Å². The predicted molar refractivity (Wildman–Crippen MR) is 202 cm³/mol. The molecule has 13 N–H and O–H groups in total. The van der Waals surface area contributed by atoms with Gasteiger partial charge in [-0.1, -0.05) is 0 Å². The van der Waals surface area contributed by atoms with Crippen LogP contribution in [0.4, 0.5) is 0 Å². The van der Waals surface area contributed by atoms with Gasteiger partial charge in [-0.05, 0) is 63.7 Å². The molecule has 3 aliphatic carbocycles. The minimum atomic E-state index is -1.74. The van der Waals surface area contributed by atoms with Gasteiger partial charge in [0.15, 0.2) is 18.9 Å². The Morgan fingerprint density at radius 3 is 1.55 bits per heavy atom. The molecule has 22 heteroatoms. The highest BCUT2D eigenvalue weighted by Gasteiger charge is 2.53. The lowest BCUT2D eigenvalue weighted by molar-refractivity contribution is -0.338. The topological polar surface area (TPSA) is 354 Å². The van der Waals surface area contributed by atoms with Gasteiger partial charge in [0.1, 0.15) is 79.9 Å². The molecule has 0 aromatic rings. The van der Waals surface area contributed by atoms with Crippen molar-refractivity contribution >= 4 is 5.97 Å². The van der Waals surface area contributed by atoms with Crippen LogP contribution < -0.4 is 0 Å². The average Bonchev–Trinajstić information content (AvgIpc) is 3.26. The molecule has 0 amide bonds. The van der Waals surface area contributed by atoms with Crippen molar-refractivity contribution in [2.24, 2.45) is 17.8 Å². The van der Waals surface area contributed by atoms with E-state index in [-0.39, 0.29) is 25.2 Å². The van der Waals surface area contributed by atoms with Gasteiger partial charge in [0.05, 0.1) is 61.9 Å². The molecule has 4 saturated heterocycles. The predicted octanol–water partition coefficient (Wildman–Crippen LogP) is -5.24. The fourth-order valence-electron chi connectivity index (χ4n) is 10.3. The van der Waals surface area contributed by atoms with Crippen LogP contribution in [-0.4, -0.2) is 227 Å². The van der Waals surface area contributed by atoms with Crippen molar-refractivity contribution in [2.75, 3.05) is 19.8 Å². The number of hydrogen-bond donors (Lipinski definition) is 13. The van der Waals surface area contributed by atoms with Gasteiger partial charge < -0.3 is 104 Å². The first-order chi connectivity index (χ1) is 29.6. The monoisotopic (exact) mass is 898 g/mol. The second-order valence-corrected chi connectivity index (χ2v) is 18.2. The van der Waals surface area contributed by atoms with E-state index in [1.165, 1.54) is 0 Å². The average molecular weight is 899 g/mol. The molecule has 62 heavy (non-hydrogen) atoms. The fourth-order valence-corrected chi connectivity index (χ4v) is 10.3. The zero-order valence-corrected chi connectivity index (χ0v) is 34.3. The fraction of sp³-hybridized carbons (Fsp3) is 0.975. The van der Waals surface area contributed by atoms with E-state index >= 15 is 0 Å². The Morgan fingerprint density at radius 2 is 1.00 bits per heavy atom. The van der Waals surface area contributed by atoms with Crippen LogP contribution in [-0.2, 0) is 42.7 Å². The molecule has 7 aliphatic rings. The number of carbonyl (C=O) groups excluding carboxylic acids is 1. The number of carbonyl (C=O) groups is 1. The number of rotatable bonds is 12. The molecule has 21 unspecified atom stereocenters. The third-order valence-electron chi connectivity index (χ3n) is 14.1. The van der Waals surface area contributed by atoms with Gasteiger partial charge in [-0.2, -0.15) is 0 Å². The summed E-state index contributed by atoms with van der Waals surface area (Å²) in [7, 11) is 0. The Morgan fingerprint density at radius 1 is 0.500 bits per heavy atom. The van der Waals surface area contributed by atoms with Gasteiger partial charge in [0.2, 0.25) is 0 Å². The summed E-state index contributed by atoms with van der Waals surface area (Å²) in [4.78, 5) is 13.1. The van der Waals surface area contributed by atoms with E-state index in [1.807, 2.05) is 0 Å². The first-order valence-corrected chi connectivity index (χ1v) is 22.0. The summed E-state index contributed by atoms with van der Waals surface area (Å²) < 4.78 is 47.3. The van der Waals surface area contributed by atoms with Crippen molar-refractivity contribution in [3.8, 4) is 0 Å². The van der Waals surface area contributed by atoms with Gasteiger partial charge in [-0.15, -0.1) is 0 Å². The minimum absolute atomic E-state index is 0.0469. The summed E-state index contributed by atoms with van der Waals surface area (Å²) in [5, 5.41) is 135. The first-order valence-electron chi connectivity index (χ1n) is 22.0. The summed E-state index contributed by atoms with van der Waals surface area (Å²) >= 11 is 0. The Balaban J connectivity index is 0.924. The molecule has 4 heterocycles. The summed E-state index contributed by atoms with van der Waals surface area (Å²) in [6, 6.07) is 0. The molecule has 7 rings (SSSR count). The second-order valence-electron chi connectivity index (χ2n) is 18.2. The van der Waals surface area contributed by atoms with E-state index < -0.39 is 172 Å². The highest BCUT2D eigenvalue weighted by molar-refractivity contribution is 5.72. The molecule has 0 radical (unpaired) electrons. The van der Waals surface area contributed by atoms with Crippen molar-refractivity contribution in [1.82, 2.24) is 0 Å². The van der Waals surface area contributed by atoms with E-state index in [0.717, 1.165) is 0 Å². The van der Waals surface area contributed by atoms with Gasteiger partial charge in [-0.25, -0.2) is 0 Å². The lowest BCUT2D eigenvalue weighted by Gasteiger charge is -2.51. The van der Waals surface area contributed by atoms with Crippen molar-refractivity contribution in [1.29, 1.82) is 0 Å². The molecule has 0 aromatic carbocycles. The zero-order chi connectivity index (χ0) is 44.6. The van der Waals surface area contributed by atoms with Crippen LogP contribution in [0.1, 0.15) is 70.6 Å². The molecule has 21 atom stereocenters. The van der Waals surface area contributed by atoms with Gasteiger partial charge in [-0.3, -0.25) is 4.79 Å². The van der Waals surface area contributed by atoms with Crippen LogP contribution in [0.15, 0.2) is 0 Å². The highest BCUT2D eigenvalue weighted by Crippen LogP contribution is 2.44. The first kappa shape index (κ1) is 48.6. The number of aliphatic hydroxyl groups is 13. The molecule has 0 aromatic heterocycles. The SMILES string of the molecule is O=C(OCC1OC(OC2CC(O)C3CC(OC4OC(CO)C(O)C(O)C4O)C(C4CCC(O)CC4)OC3C2)C(O)C(O)C1O)C1CCC(OC2OC(CO)C(O)C(O)C2O)CC1. The van der Waals surface area contributed by atoms with Gasteiger partial charge >= 0.3 is 5.97 Å². The molecule has 7 fully saturated rings. The molecule has 358 valence electrons. The third kappa shape index (κ3) is 10.6. The molecule has 22 nitrogen and oxygen atoms in total. The number of esters is 1. The van der Waals surface area contributed by atoms with E-state index in [0.29, 0.717) is 51.4 Å². The van der Waals surface area contributed by atoms with Crippen molar-refractivity contribution in [3.63, 3.8) is 0 Å². The van der Waals surface area contributed by atoms with Crippen LogP contribution in [0.3, 0.4) is 0 Å². The Bertz CT molecular complexity index is 1410. The quantitative estimate of drug-likeness (QED) is 0.0814. The summed E-state index contributed by atoms with van der Waals surface area (Å²) in [6.45, 7) is -1.72. The van der Waals surface area contributed by atoms with Crippen LogP contribution in [0, 0.1) is 17.8 Å². The molecule has 0 spiro atoms. The normalized spacial score (nSPS) is 51.6. The van der Waals surface area contributed by atoms with E-state index in [2.05, 4.69) is 0 Å². The Labute approximate surface area is 357 Å². The maximum absolute atomic E-state index is 13.1. The summed E-state index contributed by atoms with van der Waals surface area (Å²) in [6.07, 6.45) is -23.1. The zero-order valence-electron chi connectivity index (χ0n) is 34.3. The molecular formula is C40H66O22. The maximum atomic E-state index is 13.1. The highest BCUT2D eigenvalue weighted by atomic mass is 16.7. The van der Waals surface area contributed by atoms with Crippen LogP contribution in [0.5, 0.6) is 0 Å². The summed E-state index contributed by atoms with van der Waals surface area (Å²) in [5.74, 6) is -1.76. The smallest absolute Gasteiger partial charge is 0.309 e. The summed E-state index contributed by atoms with van der Waals surface area (Å²) in [5.41, 5.74) is 0. The van der Waals surface area contributed by atoms with Crippen molar-refractivity contribution in [2.45, 2.75) is 205 Å². The van der Waals surface area contributed by atoms with Crippen molar-refractivity contribution in [3.05, 3.63) is 0 Å². The number of hydrogen-bond acceptors (Lipinski definition) is 22. The molecular weight excluding hydrogens is 832 g/mol. The van der Waals surface area contributed by atoms with Gasteiger partial charge in [0, 0.05) is 18.8 Å². The lowest BCUT2D eigenvalue weighted by atomic mass is 9.73. The standard InChI is InChI=1S/C40H66O22/c41-12-24-27(45)30(48)33(51)38(60-24)56-18-7-3-16(4-8-18)37(54)55-14-26-29(47)32(50)34(52)39(62-26)57-19-9-21(44)20-11-23(59-40-35(53)31(49)28(46)25(13-42)61-40)36(58-22(20)10-19)15-1-5-17(43)6-2-15/h15-36,38-53H,1-14H2. The van der Waals surface area contributed by atoms with Crippen LogP contribution in [0.2, 0.25) is 0 Å². The maximum Gasteiger partial charge on any atom is 0.309 e. The number of aliphatic hydroxyl groups excluding tert-OH is 13. The van der Waals surface area contributed by atoms with Gasteiger partial charge in [0.25, 0.3) is 0 Å². The lowest BCUT2D eigenvalue weighted by Crippen LogP contribution is -2.62.